The van der Waals surface area contributed by atoms with Gasteiger partial charge in [-0.1, -0.05) is 13.8 Å². The van der Waals surface area contributed by atoms with Crippen molar-refractivity contribution >= 4 is 59.0 Å². The number of thioether (sulfide) groups is 2. The second-order valence-electron chi connectivity index (χ2n) is 10.2. The molecule has 0 spiro atoms. The lowest BCUT2D eigenvalue weighted by Crippen LogP contribution is -2.60. The van der Waals surface area contributed by atoms with E-state index in [1.807, 2.05) is 0 Å². The summed E-state index contributed by atoms with van der Waals surface area (Å²) in [5.41, 5.74) is 6.02. The molecule has 42 heavy (non-hydrogen) atoms. The Morgan fingerprint density at radius 3 is 2.24 bits per heavy atom. The summed E-state index contributed by atoms with van der Waals surface area (Å²) in [5, 5.41) is 23.4. The molecule has 9 N–H and O–H groups in total. The summed E-state index contributed by atoms with van der Waals surface area (Å²) in [4.78, 5) is 83.2. The molecule has 0 radical (unpaired) electrons. The monoisotopic (exact) mass is 628 g/mol. The summed E-state index contributed by atoms with van der Waals surface area (Å²) in [6.45, 7) is 6.09. The molecule has 2 heterocycles. The van der Waals surface area contributed by atoms with Crippen LogP contribution in [0, 0.1) is 5.92 Å². The quantitative estimate of drug-likeness (QED) is 0.169. The van der Waals surface area contributed by atoms with E-state index in [9.17, 15) is 33.9 Å². The van der Waals surface area contributed by atoms with Crippen molar-refractivity contribution in [2.75, 3.05) is 23.0 Å². The van der Waals surface area contributed by atoms with Crippen LogP contribution in [0.15, 0.2) is 12.5 Å². The molecule has 234 valence electrons. The molecule has 17 heteroatoms. The van der Waals surface area contributed by atoms with Gasteiger partial charge in [-0.05, 0) is 12.8 Å². The number of rotatable bonds is 5. The van der Waals surface area contributed by atoms with Crippen LogP contribution in [0.5, 0.6) is 0 Å². The van der Waals surface area contributed by atoms with Gasteiger partial charge in [0.15, 0.2) is 0 Å². The second kappa shape index (κ2) is 17.0. The Labute approximate surface area is 252 Å². The number of H-pyrrole nitrogens is 1. The summed E-state index contributed by atoms with van der Waals surface area (Å²) in [6.07, 6.45) is 2.07. The normalized spacial score (nSPS) is 27.7. The minimum atomic E-state index is -1.15. The second-order valence-corrected chi connectivity index (χ2v) is 12.4. The number of aromatic amines is 1. The third kappa shape index (κ3) is 11.5. The zero-order chi connectivity index (χ0) is 31.4. The van der Waals surface area contributed by atoms with Crippen LogP contribution in [-0.2, 0) is 35.2 Å². The number of hydrogen-bond acceptors (Lipinski definition) is 10. The molecule has 1 aromatic rings. The molecule has 0 bridgehead atoms. The third-order valence-corrected chi connectivity index (χ3v) is 8.53. The molecule has 1 aliphatic heterocycles. The van der Waals surface area contributed by atoms with Crippen LogP contribution in [0.25, 0.3) is 0 Å². The fourth-order valence-electron chi connectivity index (χ4n) is 3.87. The van der Waals surface area contributed by atoms with Crippen molar-refractivity contribution in [2.45, 2.75) is 70.4 Å². The Bertz CT molecular complexity index is 1100. The van der Waals surface area contributed by atoms with E-state index in [2.05, 4.69) is 36.6 Å². The molecule has 0 aromatic carbocycles. The van der Waals surface area contributed by atoms with Crippen molar-refractivity contribution in [1.29, 1.82) is 0 Å². The van der Waals surface area contributed by atoms with E-state index in [0.717, 1.165) is 0 Å². The Kier molecular flexibility index (Phi) is 14.1. The van der Waals surface area contributed by atoms with Gasteiger partial charge >= 0.3 is 0 Å². The van der Waals surface area contributed by atoms with Crippen LogP contribution in [0.2, 0.25) is 0 Å². The van der Waals surface area contributed by atoms with Crippen LogP contribution in [0.4, 0.5) is 0 Å². The minimum Gasteiger partial charge on any atom is -0.391 e. The molecular formula is C25H40N8O7S2. The number of nitrogens with two attached hydrogens (primary N) is 1. The van der Waals surface area contributed by atoms with Crippen LogP contribution in [0.1, 0.15) is 33.4 Å². The zero-order valence-corrected chi connectivity index (χ0v) is 25.6. The molecule has 0 aliphatic carbocycles. The summed E-state index contributed by atoms with van der Waals surface area (Å²) in [6, 6.07) is -5.38. The fourth-order valence-corrected chi connectivity index (χ4v) is 6.02. The van der Waals surface area contributed by atoms with E-state index < -0.39 is 71.8 Å². The third-order valence-electron chi connectivity index (χ3n) is 6.15. The van der Waals surface area contributed by atoms with Crippen LogP contribution in [-0.4, -0.2) is 110 Å². The van der Waals surface area contributed by atoms with Gasteiger partial charge in [-0.3, -0.25) is 28.8 Å². The number of aliphatic hydroxyl groups excluding tert-OH is 1. The molecule has 6 atom stereocenters. The summed E-state index contributed by atoms with van der Waals surface area (Å²) in [5.74, 6) is -3.62. The Hall–Kier alpha value is -3.31. The number of aliphatic hydroxyl groups is 1. The van der Waals surface area contributed by atoms with Crippen LogP contribution < -0.4 is 32.3 Å². The van der Waals surface area contributed by atoms with Gasteiger partial charge in [0.1, 0.15) is 30.2 Å². The number of hydrogen-bond donors (Lipinski definition) is 8. The standard InChI is InChI=1S/C25H40N8O7S2/c1-12(2)20-25(40)32-18(21(26)36)9-41-7-16(35)8-42-10-19(30-14(4)34)24(39)31-17(5-15-6-27-11-28-15)23(38)29-13(3)22(37)33-20/h6,11-13,16-20,35H,5,7-10H2,1-4H3,(H2,26,36)(H,27,28)(H,29,38)(H,30,34)(H,31,39)(H,32,40)(H,33,37)/t13-,16?,17?,18?,19?,20?/m0/s1. The highest BCUT2D eigenvalue weighted by molar-refractivity contribution is 8.00. The van der Waals surface area contributed by atoms with Crippen LogP contribution in [0.3, 0.4) is 0 Å². The lowest BCUT2D eigenvalue weighted by Gasteiger charge is -2.27. The van der Waals surface area contributed by atoms with Gasteiger partial charge in [0, 0.05) is 48.2 Å². The summed E-state index contributed by atoms with van der Waals surface area (Å²) < 4.78 is 0. The maximum atomic E-state index is 13.3. The van der Waals surface area contributed by atoms with E-state index >= 15 is 0 Å². The molecular weight excluding hydrogens is 588 g/mol. The molecule has 1 aromatic heterocycles. The van der Waals surface area contributed by atoms with Crippen molar-refractivity contribution in [3.8, 4) is 0 Å². The topological polar surface area (TPSA) is 237 Å². The lowest BCUT2D eigenvalue weighted by atomic mass is 10.0. The average Bonchev–Trinajstić information content (AvgIpc) is 3.42. The first-order chi connectivity index (χ1) is 19.8. The molecule has 2 rings (SSSR count). The summed E-state index contributed by atoms with van der Waals surface area (Å²) >= 11 is 2.42. The first-order valence-corrected chi connectivity index (χ1v) is 15.7. The summed E-state index contributed by atoms with van der Waals surface area (Å²) in [7, 11) is 0. The largest absolute Gasteiger partial charge is 0.391 e. The van der Waals surface area contributed by atoms with E-state index in [0.29, 0.717) is 5.69 Å². The molecule has 1 aliphatic rings. The Balaban J connectivity index is 2.34. The highest BCUT2D eigenvalue weighted by Crippen LogP contribution is 2.13. The molecule has 5 unspecified atom stereocenters. The fraction of sp³-hybridized carbons (Fsp3) is 0.640. The maximum Gasteiger partial charge on any atom is 0.244 e. The first kappa shape index (κ1) is 34.9. The predicted molar refractivity (Wildman–Crippen MR) is 158 cm³/mol. The number of nitrogens with zero attached hydrogens (tertiary/aromatic N) is 1. The van der Waals surface area contributed by atoms with Gasteiger partial charge < -0.3 is 42.4 Å². The van der Waals surface area contributed by atoms with E-state index in [1.165, 1.54) is 49.9 Å². The van der Waals surface area contributed by atoms with E-state index in [4.69, 9.17) is 5.73 Å². The maximum absolute atomic E-state index is 13.3. The number of aromatic nitrogens is 2. The molecule has 0 saturated carbocycles. The molecule has 1 fully saturated rings. The average molecular weight is 629 g/mol. The Morgan fingerprint density at radius 1 is 1.00 bits per heavy atom. The number of amides is 6. The van der Waals surface area contributed by atoms with Gasteiger partial charge in [-0.25, -0.2) is 4.98 Å². The van der Waals surface area contributed by atoms with Gasteiger partial charge in [-0.2, -0.15) is 23.5 Å². The minimum absolute atomic E-state index is 0.00726. The SMILES string of the molecule is CC(=O)NC1CSCC(O)CSCC(C(N)=O)NC(=O)C(C(C)C)NC(=O)[C@H](C)NC(=O)C(Cc2cnc[nH]2)NC1=O. The molecule has 15 nitrogen and oxygen atoms in total. The van der Waals surface area contributed by atoms with Crippen LogP contribution >= 0.6 is 23.5 Å². The Morgan fingerprint density at radius 2 is 1.67 bits per heavy atom. The number of primary amides is 1. The predicted octanol–water partition coefficient (Wildman–Crippen LogP) is -2.60. The number of carbonyl (C=O) groups excluding carboxylic acids is 6. The van der Waals surface area contributed by atoms with Crippen molar-refractivity contribution in [3.05, 3.63) is 18.2 Å². The highest BCUT2D eigenvalue weighted by atomic mass is 32.2. The van der Waals surface area contributed by atoms with Gasteiger partial charge in [0.05, 0.1) is 12.4 Å². The van der Waals surface area contributed by atoms with Crippen molar-refractivity contribution in [3.63, 3.8) is 0 Å². The van der Waals surface area contributed by atoms with E-state index in [-0.39, 0.29) is 35.4 Å². The molecule has 1 saturated heterocycles. The van der Waals surface area contributed by atoms with Gasteiger partial charge in [-0.15, -0.1) is 0 Å². The van der Waals surface area contributed by atoms with Crippen molar-refractivity contribution in [2.24, 2.45) is 11.7 Å². The molecule has 6 amide bonds. The van der Waals surface area contributed by atoms with Crippen molar-refractivity contribution < 1.29 is 33.9 Å². The van der Waals surface area contributed by atoms with Gasteiger partial charge in [0.25, 0.3) is 0 Å². The van der Waals surface area contributed by atoms with E-state index in [1.54, 1.807) is 13.8 Å². The highest BCUT2D eigenvalue weighted by Gasteiger charge is 2.32. The number of carbonyl (C=O) groups is 6. The zero-order valence-electron chi connectivity index (χ0n) is 24.0. The number of imidazole rings is 1. The number of nitrogens with one attached hydrogen (secondary N) is 6. The van der Waals surface area contributed by atoms with Gasteiger partial charge in [0.2, 0.25) is 35.4 Å². The van der Waals surface area contributed by atoms with Crippen molar-refractivity contribution in [1.82, 2.24) is 36.6 Å². The lowest BCUT2D eigenvalue weighted by molar-refractivity contribution is -0.135. The first-order valence-electron chi connectivity index (χ1n) is 13.4. The smallest absolute Gasteiger partial charge is 0.244 e.